The second kappa shape index (κ2) is 4.69. The van der Waals surface area contributed by atoms with E-state index in [-0.39, 0.29) is 5.56 Å². The van der Waals surface area contributed by atoms with E-state index in [1.54, 1.807) is 0 Å². The van der Waals surface area contributed by atoms with Crippen molar-refractivity contribution >= 4 is 12.3 Å². The molecule has 0 fully saturated rings. The smallest absolute Gasteiger partial charge is 0.420 e. The van der Waals surface area contributed by atoms with Gasteiger partial charge in [0, 0.05) is 17.5 Å². The van der Waals surface area contributed by atoms with Gasteiger partial charge in [-0.1, -0.05) is 0 Å². The van der Waals surface area contributed by atoms with Crippen LogP contribution < -0.4 is 4.74 Å². The van der Waals surface area contributed by atoms with Crippen LogP contribution in [0.5, 0.6) is 11.5 Å². The number of phenolic OH excluding ortho intramolecular Hbond substituents is 1. The zero-order valence-corrected chi connectivity index (χ0v) is 10.2. The molecule has 1 aliphatic rings. The number of rotatable bonds is 3. The van der Waals surface area contributed by atoms with Gasteiger partial charge in [0.1, 0.15) is 35.5 Å². The molecule has 0 unspecified atom stereocenters. The first-order chi connectivity index (χ1) is 9.32. The predicted molar refractivity (Wildman–Crippen MR) is 58.5 cm³/mol. The summed E-state index contributed by atoms with van der Waals surface area (Å²) in [6, 6.07) is 0. The van der Waals surface area contributed by atoms with Crippen molar-refractivity contribution in [3.8, 4) is 11.5 Å². The highest BCUT2D eigenvalue weighted by Gasteiger charge is 2.44. The third kappa shape index (κ3) is 1.97. The number of aromatic hydroxyl groups is 1. The normalized spacial score (nSPS) is 13.9. The van der Waals surface area contributed by atoms with E-state index in [0.717, 1.165) is 7.11 Å². The second-order valence-corrected chi connectivity index (χ2v) is 4.03. The van der Waals surface area contributed by atoms with E-state index in [9.17, 15) is 27.9 Å². The molecule has 2 rings (SSSR count). The maximum absolute atomic E-state index is 13.2. The van der Waals surface area contributed by atoms with Crippen molar-refractivity contribution in [3.63, 3.8) is 0 Å². The summed E-state index contributed by atoms with van der Waals surface area (Å²) in [5, 5.41) is 9.91. The number of aldehydes is 1. The lowest BCUT2D eigenvalue weighted by molar-refractivity contribution is -0.139. The number of carbonyl (C=O) groups excluding carboxylic acids is 2. The summed E-state index contributed by atoms with van der Waals surface area (Å²) >= 11 is 0. The molecule has 1 aliphatic heterocycles. The van der Waals surface area contributed by atoms with Gasteiger partial charge >= 0.3 is 12.1 Å². The molecule has 0 aromatic heterocycles. The average Bonchev–Trinajstić information content (AvgIpc) is 2.73. The largest absolute Gasteiger partial charge is 0.507 e. The van der Waals surface area contributed by atoms with E-state index in [4.69, 9.17) is 4.74 Å². The van der Waals surface area contributed by atoms with E-state index >= 15 is 0 Å². The summed E-state index contributed by atoms with van der Waals surface area (Å²) in [4.78, 5) is 22.0. The number of hydrogen-bond acceptors (Lipinski definition) is 5. The van der Waals surface area contributed by atoms with Crippen LogP contribution in [0.25, 0.3) is 0 Å². The van der Waals surface area contributed by atoms with Crippen molar-refractivity contribution in [1.82, 2.24) is 0 Å². The second-order valence-electron chi connectivity index (χ2n) is 4.03. The fraction of sp³-hybridized carbons (Fsp3) is 0.333. The van der Waals surface area contributed by atoms with Gasteiger partial charge in [-0.3, -0.25) is 0 Å². The molecular formula is C12H9F3O5. The molecule has 108 valence electrons. The molecule has 0 radical (unpaired) electrons. The minimum Gasteiger partial charge on any atom is -0.507 e. The summed E-state index contributed by atoms with van der Waals surface area (Å²) in [6.45, 7) is -0.603. The monoisotopic (exact) mass is 290 g/mol. The third-order valence-electron chi connectivity index (χ3n) is 2.95. The van der Waals surface area contributed by atoms with Crippen LogP contribution >= 0.6 is 0 Å². The Morgan fingerprint density at radius 2 is 2.10 bits per heavy atom. The number of ether oxygens (including phenoxy) is 2. The Kier molecular flexibility index (Phi) is 3.33. The summed E-state index contributed by atoms with van der Waals surface area (Å²) in [6.07, 6.45) is -5.02. The maximum atomic E-state index is 13.2. The van der Waals surface area contributed by atoms with Crippen LogP contribution in [-0.2, 0) is 28.7 Å². The topological polar surface area (TPSA) is 72.8 Å². The number of fused-ring (bicyclic) bond motifs is 1. The van der Waals surface area contributed by atoms with Crippen LogP contribution in [0.3, 0.4) is 0 Å². The van der Waals surface area contributed by atoms with Gasteiger partial charge in [0.15, 0.2) is 0 Å². The summed E-state index contributed by atoms with van der Waals surface area (Å²) in [7, 11) is 0.988. The Hall–Kier alpha value is -2.25. The van der Waals surface area contributed by atoms with Gasteiger partial charge < -0.3 is 19.4 Å². The van der Waals surface area contributed by atoms with Crippen molar-refractivity contribution < 1.29 is 37.3 Å². The van der Waals surface area contributed by atoms with Gasteiger partial charge in [0.2, 0.25) is 0 Å². The van der Waals surface area contributed by atoms with Crippen molar-refractivity contribution in [3.05, 3.63) is 22.3 Å². The highest BCUT2D eigenvalue weighted by molar-refractivity contribution is 5.98. The number of esters is 1. The molecule has 1 N–H and O–H groups in total. The first-order valence-electron chi connectivity index (χ1n) is 5.45. The molecule has 1 aromatic rings. The van der Waals surface area contributed by atoms with Crippen molar-refractivity contribution in [1.29, 1.82) is 0 Å². The fourth-order valence-electron chi connectivity index (χ4n) is 2.19. The van der Waals surface area contributed by atoms with Crippen LogP contribution in [0, 0.1) is 0 Å². The number of hydrogen-bond donors (Lipinski definition) is 1. The Labute approximate surface area is 110 Å². The molecule has 20 heavy (non-hydrogen) atoms. The van der Waals surface area contributed by atoms with Crippen LogP contribution in [0.2, 0.25) is 0 Å². The Bertz CT molecular complexity index is 592. The van der Waals surface area contributed by atoms with E-state index < -0.39 is 53.4 Å². The molecule has 0 saturated heterocycles. The lowest BCUT2D eigenvalue weighted by Crippen LogP contribution is -2.14. The molecule has 0 atom stereocenters. The zero-order chi connectivity index (χ0) is 15.1. The highest BCUT2D eigenvalue weighted by atomic mass is 19.4. The number of cyclic esters (lactones) is 1. The summed E-state index contributed by atoms with van der Waals surface area (Å²) in [5.74, 6) is -2.43. The van der Waals surface area contributed by atoms with Gasteiger partial charge in [-0.15, -0.1) is 0 Å². The van der Waals surface area contributed by atoms with Gasteiger partial charge in [-0.2, -0.15) is 13.2 Å². The van der Waals surface area contributed by atoms with Gasteiger partial charge in [0.05, 0.1) is 7.11 Å². The number of benzene rings is 1. The Morgan fingerprint density at radius 3 is 2.60 bits per heavy atom. The van der Waals surface area contributed by atoms with Crippen LogP contribution in [0.4, 0.5) is 13.2 Å². The molecule has 1 aromatic carbocycles. The minimum absolute atomic E-state index is 0.310. The number of halogens is 3. The summed E-state index contributed by atoms with van der Waals surface area (Å²) in [5.41, 5.74) is -2.62. The van der Waals surface area contributed by atoms with Crippen molar-refractivity contribution in [2.45, 2.75) is 19.2 Å². The van der Waals surface area contributed by atoms with Gasteiger partial charge in [0.25, 0.3) is 0 Å². The SMILES string of the molecule is COc1c(CC=O)c(O)c2c(c1C(F)(F)F)COC2=O. The van der Waals surface area contributed by atoms with Gasteiger partial charge in [-0.05, 0) is 0 Å². The highest BCUT2D eigenvalue weighted by Crippen LogP contribution is 2.48. The number of phenols is 1. The lowest BCUT2D eigenvalue weighted by Gasteiger charge is -2.19. The van der Waals surface area contributed by atoms with E-state index in [0.29, 0.717) is 6.29 Å². The average molecular weight is 290 g/mol. The predicted octanol–water partition coefficient (Wildman–Crippen LogP) is 1.83. The summed E-state index contributed by atoms with van der Waals surface area (Å²) < 4.78 is 48.7. The number of methoxy groups -OCH3 is 1. The van der Waals surface area contributed by atoms with Crippen LogP contribution in [-0.4, -0.2) is 24.5 Å². The standard InChI is InChI=1S/C12H9F3O5/c1-19-10-5(2-3-16)9(17)7-6(4-20-11(7)18)8(10)12(13,14)15/h3,17H,2,4H2,1H3. The molecule has 0 aliphatic carbocycles. The Morgan fingerprint density at radius 1 is 1.45 bits per heavy atom. The lowest BCUT2D eigenvalue weighted by atomic mass is 9.94. The minimum atomic E-state index is -4.81. The van der Waals surface area contributed by atoms with Crippen molar-refractivity contribution in [2.24, 2.45) is 0 Å². The van der Waals surface area contributed by atoms with Crippen molar-refractivity contribution in [2.75, 3.05) is 7.11 Å². The molecule has 0 saturated carbocycles. The third-order valence-corrected chi connectivity index (χ3v) is 2.95. The van der Waals surface area contributed by atoms with Crippen LogP contribution in [0.1, 0.15) is 27.0 Å². The first kappa shape index (κ1) is 14.2. The molecule has 8 heteroatoms. The van der Waals surface area contributed by atoms with E-state index in [1.807, 2.05) is 0 Å². The quantitative estimate of drug-likeness (QED) is 0.679. The maximum Gasteiger partial charge on any atom is 0.420 e. The molecular weight excluding hydrogens is 281 g/mol. The van der Waals surface area contributed by atoms with E-state index in [1.165, 1.54) is 0 Å². The molecule has 1 heterocycles. The number of carbonyl (C=O) groups is 2. The first-order valence-corrected chi connectivity index (χ1v) is 5.45. The Balaban J connectivity index is 2.89. The zero-order valence-electron chi connectivity index (χ0n) is 10.2. The fourth-order valence-corrected chi connectivity index (χ4v) is 2.19. The van der Waals surface area contributed by atoms with E-state index in [2.05, 4.69) is 4.74 Å². The molecule has 5 nitrogen and oxygen atoms in total. The molecule has 0 spiro atoms. The number of alkyl halides is 3. The molecule has 0 bridgehead atoms. The molecule has 0 amide bonds. The van der Waals surface area contributed by atoms with Gasteiger partial charge in [-0.25, -0.2) is 4.79 Å². The van der Waals surface area contributed by atoms with Crippen LogP contribution in [0.15, 0.2) is 0 Å².